The van der Waals surface area contributed by atoms with E-state index in [2.05, 4.69) is 5.32 Å². The van der Waals surface area contributed by atoms with Gasteiger partial charge in [-0.2, -0.15) is 0 Å². The lowest BCUT2D eigenvalue weighted by atomic mass is 10.1. The van der Waals surface area contributed by atoms with Gasteiger partial charge < -0.3 is 10.2 Å². The van der Waals surface area contributed by atoms with Gasteiger partial charge in [-0.1, -0.05) is 17.7 Å². The normalized spacial score (nSPS) is 15.9. The SMILES string of the molecule is Cc1ccc(N2C[C@H](C(=O)Nc3ccc(S(=O)(=O)c4ccc([N+](=O)[O-])cc4)cc3)CC2=O)cc1. The number of amides is 2. The first kappa shape index (κ1) is 23.1. The third-order valence-corrected chi connectivity index (χ3v) is 7.42. The second kappa shape index (κ2) is 9.06. The van der Waals surface area contributed by atoms with Crippen LogP contribution in [0.2, 0.25) is 0 Å². The zero-order valence-corrected chi connectivity index (χ0v) is 19.0. The molecule has 1 saturated heterocycles. The lowest BCUT2D eigenvalue weighted by molar-refractivity contribution is -0.384. The van der Waals surface area contributed by atoms with Gasteiger partial charge in [0.2, 0.25) is 21.7 Å². The Morgan fingerprint density at radius 3 is 2.09 bits per heavy atom. The zero-order valence-electron chi connectivity index (χ0n) is 18.2. The molecule has 0 spiro atoms. The van der Waals surface area contributed by atoms with Crippen molar-refractivity contribution in [3.05, 3.63) is 88.5 Å². The molecule has 10 heteroatoms. The number of nitrogens with zero attached hydrogens (tertiary/aromatic N) is 2. The molecule has 3 aromatic rings. The first-order chi connectivity index (χ1) is 16.1. The summed E-state index contributed by atoms with van der Waals surface area (Å²) in [6.45, 7) is 2.22. The number of hydrogen-bond acceptors (Lipinski definition) is 6. The molecule has 0 aromatic heterocycles. The van der Waals surface area contributed by atoms with Crippen molar-refractivity contribution in [2.75, 3.05) is 16.8 Å². The molecule has 0 saturated carbocycles. The number of non-ortho nitro benzene ring substituents is 1. The van der Waals surface area contributed by atoms with Gasteiger partial charge in [0.25, 0.3) is 5.69 Å². The molecule has 9 nitrogen and oxygen atoms in total. The summed E-state index contributed by atoms with van der Waals surface area (Å²) in [5.41, 5.74) is 2.01. The van der Waals surface area contributed by atoms with Gasteiger partial charge in [0.1, 0.15) is 0 Å². The van der Waals surface area contributed by atoms with Crippen molar-refractivity contribution in [2.24, 2.45) is 5.92 Å². The van der Waals surface area contributed by atoms with Crippen LogP contribution in [0, 0.1) is 23.0 Å². The molecule has 1 aliphatic heterocycles. The van der Waals surface area contributed by atoms with Gasteiger partial charge in [0, 0.05) is 36.5 Å². The Balaban J connectivity index is 1.43. The van der Waals surface area contributed by atoms with Gasteiger partial charge in [-0.25, -0.2) is 8.42 Å². The van der Waals surface area contributed by atoms with E-state index in [1.54, 1.807) is 4.90 Å². The van der Waals surface area contributed by atoms with E-state index in [1.165, 1.54) is 36.4 Å². The van der Waals surface area contributed by atoms with Crippen LogP contribution < -0.4 is 10.2 Å². The summed E-state index contributed by atoms with van der Waals surface area (Å²) in [6, 6.07) is 17.7. The Hall–Kier alpha value is -4.05. The Labute approximate surface area is 196 Å². The van der Waals surface area contributed by atoms with Gasteiger partial charge in [0.15, 0.2) is 0 Å². The van der Waals surface area contributed by atoms with Crippen LogP contribution in [0.4, 0.5) is 17.1 Å². The second-order valence-corrected chi connectivity index (χ2v) is 9.96. The molecule has 0 aliphatic carbocycles. The molecule has 1 aliphatic rings. The smallest absolute Gasteiger partial charge is 0.269 e. The average Bonchev–Trinajstić information content (AvgIpc) is 3.22. The van der Waals surface area contributed by atoms with E-state index in [0.29, 0.717) is 5.69 Å². The number of sulfone groups is 1. The fourth-order valence-corrected chi connectivity index (χ4v) is 4.96. The molecule has 3 aromatic carbocycles. The summed E-state index contributed by atoms with van der Waals surface area (Å²) >= 11 is 0. The van der Waals surface area contributed by atoms with E-state index >= 15 is 0 Å². The number of nitrogens with one attached hydrogen (secondary N) is 1. The monoisotopic (exact) mass is 479 g/mol. The highest BCUT2D eigenvalue weighted by Gasteiger charge is 2.35. The molecular weight excluding hydrogens is 458 g/mol. The summed E-state index contributed by atoms with van der Waals surface area (Å²) in [5, 5.41) is 13.5. The molecular formula is C24H21N3O6S. The number of benzene rings is 3. The summed E-state index contributed by atoms with van der Waals surface area (Å²) < 4.78 is 25.6. The lowest BCUT2D eigenvalue weighted by Crippen LogP contribution is -2.28. The maximum atomic E-state index is 12.8. The maximum absolute atomic E-state index is 12.8. The first-order valence-electron chi connectivity index (χ1n) is 10.4. The lowest BCUT2D eigenvalue weighted by Gasteiger charge is -2.17. The molecule has 1 fully saturated rings. The van der Waals surface area contributed by atoms with E-state index in [-0.39, 0.29) is 40.3 Å². The Morgan fingerprint density at radius 1 is 0.971 bits per heavy atom. The largest absolute Gasteiger partial charge is 0.326 e. The summed E-state index contributed by atoms with van der Waals surface area (Å²) in [6.07, 6.45) is 0.0896. The van der Waals surface area contributed by atoms with Crippen molar-refractivity contribution >= 4 is 38.7 Å². The minimum absolute atomic E-state index is 0.0130. The van der Waals surface area contributed by atoms with E-state index in [1.807, 2.05) is 31.2 Å². The number of carbonyl (C=O) groups is 2. The number of carbonyl (C=O) groups excluding carboxylic acids is 2. The maximum Gasteiger partial charge on any atom is 0.269 e. The predicted octanol–water partition coefficient (Wildman–Crippen LogP) is 3.73. The van der Waals surface area contributed by atoms with Crippen LogP contribution in [0.15, 0.2) is 82.6 Å². The molecule has 174 valence electrons. The van der Waals surface area contributed by atoms with E-state index < -0.39 is 20.7 Å². The number of anilines is 2. The Morgan fingerprint density at radius 2 is 1.53 bits per heavy atom. The summed E-state index contributed by atoms with van der Waals surface area (Å²) in [5.74, 6) is -0.986. The minimum atomic E-state index is -3.88. The number of nitro groups is 1. The van der Waals surface area contributed by atoms with E-state index in [0.717, 1.165) is 23.4 Å². The predicted molar refractivity (Wildman–Crippen MR) is 125 cm³/mol. The van der Waals surface area contributed by atoms with Crippen molar-refractivity contribution in [2.45, 2.75) is 23.1 Å². The third kappa shape index (κ3) is 4.67. The number of aryl methyl sites for hydroxylation is 1. The molecule has 0 bridgehead atoms. The second-order valence-electron chi connectivity index (χ2n) is 8.01. The number of hydrogen-bond donors (Lipinski definition) is 1. The van der Waals surface area contributed by atoms with Crippen molar-refractivity contribution in [3.63, 3.8) is 0 Å². The van der Waals surface area contributed by atoms with E-state index in [4.69, 9.17) is 0 Å². The van der Waals surface area contributed by atoms with Gasteiger partial charge in [-0.3, -0.25) is 19.7 Å². The van der Waals surface area contributed by atoms with Crippen molar-refractivity contribution in [1.29, 1.82) is 0 Å². The van der Waals surface area contributed by atoms with Crippen LogP contribution >= 0.6 is 0 Å². The van der Waals surface area contributed by atoms with Crippen molar-refractivity contribution in [1.82, 2.24) is 0 Å². The third-order valence-electron chi connectivity index (χ3n) is 5.63. The van der Waals surface area contributed by atoms with Gasteiger partial charge in [-0.05, 0) is 55.5 Å². The van der Waals surface area contributed by atoms with Crippen molar-refractivity contribution in [3.8, 4) is 0 Å². The zero-order chi connectivity index (χ0) is 24.5. The van der Waals surface area contributed by atoms with Crippen LogP contribution in [0.25, 0.3) is 0 Å². The molecule has 2 amide bonds. The molecule has 0 radical (unpaired) electrons. The van der Waals surface area contributed by atoms with Gasteiger partial charge >= 0.3 is 0 Å². The van der Waals surface area contributed by atoms with Crippen molar-refractivity contribution < 1.29 is 22.9 Å². The Bertz CT molecular complexity index is 1350. The van der Waals surface area contributed by atoms with Gasteiger partial charge in [0.05, 0.1) is 20.6 Å². The van der Waals surface area contributed by atoms with Crippen LogP contribution in [-0.2, 0) is 19.4 Å². The fourth-order valence-electron chi connectivity index (χ4n) is 3.70. The summed E-state index contributed by atoms with van der Waals surface area (Å²) in [7, 11) is -3.88. The van der Waals surface area contributed by atoms with Crippen LogP contribution in [-0.4, -0.2) is 31.7 Å². The van der Waals surface area contributed by atoms with Crippen LogP contribution in [0.1, 0.15) is 12.0 Å². The number of rotatable bonds is 6. The van der Waals surface area contributed by atoms with Crippen LogP contribution in [0.5, 0.6) is 0 Å². The van der Waals surface area contributed by atoms with E-state index in [9.17, 15) is 28.1 Å². The molecule has 1 N–H and O–H groups in total. The highest BCUT2D eigenvalue weighted by Crippen LogP contribution is 2.27. The highest BCUT2D eigenvalue weighted by atomic mass is 32.2. The molecule has 0 unspecified atom stereocenters. The molecule has 1 atom stereocenters. The molecule has 34 heavy (non-hydrogen) atoms. The first-order valence-corrected chi connectivity index (χ1v) is 11.9. The van der Waals surface area contributed by atoms with Crippen LogP contribution in [0.3, 0.4) is 0 Å². The topological polar surface area (TPSA) is 127 Å². The van der Waals surface area contributed by atoms with Gasteiger partial charge in [-0.15, -0.1) is 0 Å². The quantitative estimate of drug-likeness (QED) is 0.424. The average molecular weight is 480 g/mol. The fraction of sp³-hybridized carbons (Fsp3) is 0.167. The molecule has 1 heterocycles. The summed E-state index contributed by atoms with van der Waals surface area (Å²) in [4.78, 5) is 36.8. The number of nitro benzene ring substituents is 1. The Kier molecular flexibility index (Phi) is 6.16. The minimum Gasteiger partial charge on any atom is -0.326 e. The standard InChI is InChI=1S/C24H21N3O6S/c1-16-2-6-19(7-3-16)26-15-17(14-23(26)28)24(29)25-18-4-10-21(11-5-18)34(32,33)22-12-8-20(9-13-22)27(30)31/h2-13,17H,14-15H2,1H3,(H,25,29)/t17-/m1/s1. The highest BCUT2D eigenvalue weighted by molar-refractivity contribution is 7.91. The molecule has 4 rings (SSSR count).